The molecule has 0 fully saturated rings. The molecule has 1 aromatic heterocycles. The lowest BCUT2D eigenvalue weighted by atomic mass is 10.00. The van der Waals surface area contributed by atoms with Crippen LogP contribution in [0, 0.1) is 11.6 Å². The van der Waals surface area contributed by atoms with Crippen LogP contribution in [-0.4, -0.2) is 5.97 Å². The highest BCUT2D eigenvalue weighted by Gasteiger charge is 2.24. The largest absolute Gasteiger partial charge is 0.456 e. The molecule has 1 atom stereocenters. The lowest BCUT2D eigenvalue weighted by Gasteiger charge is -2.17. The zero-order valence-electron chi connectivity index (χ0n) is 16.2. The van der Waals surface area contributed by atoms with Gasteiger partial charge in [-0.05, 0) is 67.1 Å². The number of hydrogen-bond donors (Lipinski definition) is 0. The zero-order chi connectivity index (χ0) is 22.1. The number of hydrogen-bond acceptors (Lipinski definition) is 4. The minimum atomic E-state index is -0.997. The molecular weight excluding hydrogens is 426 g/mol. The smallest absolute Gasteiger partial charge is 0.338 e. The molecule has 156 valence electrons. The number of carbonyl (C=O) groups is 1. The van der Waals surface area contributed by atoms with Gasteiger partial charge in [0, 0.05) is 5.02 Å². The molecule has 4 aromatic rings. The lowest BCUT2D eigenvalue weighted by molar-refractivity contribution is 0.0294. The fourth-order valence-corrected chi connectivity index (χ4v) is 3.38. The minimum absolute atomic E-state index is 0.000705. The van der Waals surface area contributed by atoms with E-state index in [1.165, 1.54) is 43.3 Å². The van der Waals surface area contributed by atoms with Crippen molar-refractivity contribution in [2.45, 2.75) is 13.0 Å². The monoisotopic (exact) mass is 440 g/mol. The van der Waals surface area contributed by atoms with E-state index in [1.54, 1.807) is 12.1 Å². The molecule has 0 aliphatic heterocycles. The molecular formula is C24H15ClF2O4. The lowest BCUT2D eigenvalue weighted by Crippen LogP contribution is -2.15. The molecule has 0 bridgehead atoms. The van der Waals surface area contributed by atoms with Gasteiger partial charge in [-0.3, -0.25) is 4.79 Å². The highest BCUT2D eigenvalue weighted by molar-refractivity contribution is 6.30. The number of fused-ring (bicyclic) bond motifs is 1. The van der Waals surface area contributed by atoms with Crippen LogP contribution in [0.5, 0.6) is 0 Å². The van der Waals surface area contributed by atoms with Crippen LogP contribution in [0.1, 0.15) is 29.1 Å². The van der Waals surface area contributed by atoms with Crippen molar-refractivity contribution in [2.75, 3.05) is 0 Å². The maximum absolute atomic E-state index is 13.9. The molecule has 1 heterocycles. The maximum Gasteiger partial charge on any atom is 0.338 e. The van der Waals surface area contributed by atoms with Crippen molar-refractivity contribution in [3.63, 3.8) is 0 Å². The van der Waals surface area contributed by atoms with Crippen LogP contribution in [0.4, 0.5) is 8.78 Å². The molecule has 0 spiro atoms. The van der Waals surface area contributed by atoms with Crippen molar-refractivity contribution in [3.8, 4) is 11.1 Å². The third kappa shape index (κ3) is 4.20. The summed E-state index contributed by atoms with van der Waals surface area (Å²) in [6, 6.07) is 15.0. The number of halogens is 3. The summed E-state index contributed by atoms with van der Waals surface area (Å²) in [4.78, 5) is 25.7. The van der Waals surface area contributed by atoms with Crippen molar-refractivity contribution in [3.05, 3.63) is 105 Å². The summed E-state index contributed by atoms with van der Waals surface area (Å²) in [5.74, 6) is -1.80. The van der Waals surface area contributed by atoms with E-state index in [2.05, 4.69) is 0 Å². The molecule has 1 unspecified atom stereocenters. The van der Waals surface area contributed by atoms with Gasteiger partial charge in [0.1, 0.15) is 17.2 Å². The molecule has 3 aromatic carbocycles. The van der Waals surface area contributed by atoms with E-state index in [0.717, 1.165) is 18.2 Å². The molecule has 31 heavy (non-hydrogen) atoms. The van der Waals surface area contributed by atoms with Crippen LogP contribution in [0.3, 0.4) is 0 Å². The van der Waals surface area contributed by atoms with Crippen LogP contribution in [0.15, 0.2) is 75.9 Å². The molecule has 7 heteroatoms. The number of rotatable bonds is 4. The van der Waals surface area contributed by atoms with Crippen molar-refractivity contribution >= 4 is 28.5 Å². The van der Waals surface area contributed by atoms with Gasteiger partial charge in [-0.25, -0.2) is 13.6 Å². The second kappa shape index (κ2) is 8.32. The van der Waals surface area contributed by atoms with Gasteiger partial charge in [0.2, 0.25) is 5.43 Å². The molecule has 0 saturated heterocycles. The summed E-state index contributed by atoms with van der Waals surface area (Å²) < 4.78 is 39.0. The summed E-state index contributed by atoms with van der Waals surface area (Å²) in [5, 5.41) is 0.463. The minimum Gasteiger partial charge on any atom is -0.456 e. The number of ether oxygens (including phenoxy) is 1. The second-order valence-corrected chi connectivity index (χ2v) is 7.31. The van der Waals surface area contributed by atoms with Crippen molar-refractivity contribution in [1.82, 2.24) is 0 Å². The summed E-state index contributed by atoms with van der Waals surface area (Å²) in [6.45, 7) is 1.53. The van der Waals surface area contributed by atoms with E-state index in [4.69, 9.17) is 20.8 Å². The van der Waals surface area contributed by atoms with Crippen LogP contribution in [0.25, 0.3) is 22.1 Å². The second-order valence-electron chi connectivity index (χ2n) is 6.88. The Morgan fingerprint density at radius 1 is 1.00 bits per heavy atom. The Hall–Kier alpha value is -3.51. The first-order valence-electron chi connectivity index (χ1n) is 9.32. The van der Waals surface area contributed by atoms with Gasteiger partial charge in [0.15, 0.2) is 11.9 Å². The molecule has 4 rings (SSSR count). The summed E-state index contributed by atoms with van der Waals surface area (Å²) in [5.41, 5.74) is 0.0405. The van der Waals surface area contributed by atoms with E-state index in [-0.39, 0.29) is 33.4 Å². The van der Waals surface area contributed by atoms with Gasteiger partial charge in [0.05, 0.1) is 16.5 Å². The highest BCUT2D eigenvalue weighted by atomic mass is 35.5. The fourth-order valence-electron chi connectivity index (χ4n) is 3.26. The Morgan fingerprint density at radius 2 is 1.71 bits per heavy atom. The fraction of sp³-hybridized carbons (Fsp3) is 0.0833. The Bertz CT molecular complexity index is 1350. The van der Waals surface area contributed by atoms with Crippen LogP contribution < -0.4 is 5.43 Å². The molecule has 0 amide bonds. The number of benzene rings is 3. The number of esters is 1. The quantitative estimate of drug-likeness (QED) is 0.349. The van der Waals surface area contributed by atoms with Crippen LogP contribution >= 0.6 is 11.6 Å². The van der Waals surface area contributed by atoms with E-state index in [0.29, 0.717) is 5.02 Å². The molecule has 0 aliphatic rings. The Morgan fingerprint density at radius 3 is 2.42 bits per heavy atom. The van der Waals surface area contributed by atoms with Gasteiger partial charge in [-0.1, -0.05) is 23.7 Å². The molecule has 0 aliphatic carbocycles. The molecule has 4 nitrogen and oxygen atoms in total. The van der Waals surface area contributed by atoms with Gasteiger partial charge in [-0.15, -0.1) is 0 Å². The van der Waals surface area contributed by atoms with E-state index < -0.39 is 29.1 Å². The van der Waals surface area contributed by atoms with Gasteiger partial charge in [-0.2, -0.15) is 0 Å². The molecule has 0 radical (unpaired) electrons. The van der Waals surface area contributed by atoms with Crippen molar-refractivity contribution in [1.29, 1.82) is 0 Å². The average molecular weight is 441 g/mol. The molecule has 0 saturated carbocycles. The summed E-state index contributed by atoms with van der Waals surface area (Å²) >= 11 is 5.84. The van der Waals surface area contributed by atoms with E-state index >= 15 is 0 Å². The topological polar surface area (TPSA) is 56.5 Å². The van der Waals surface area contributed by atoms with Crippen LogP contribution in [0.2, 0.25) is 5.02 Å². The highest BCUT2D eigenvalue weighted by Crippen LogP contribution is 2.31. The van der Waals surface area contributed by atoms with Gasteiger partial charge >= 0.3 is 5.97 Å². The normalized spacial score (nSPS) is 12.0. The summed E-state index contributed by atoms with van der Waals surface area (Å²) in [7, 11) is 0. The predicted molar refractivity (Wildman–Crippen MR) is 113 cm³/mol. The number of carbonyl (C=O) groups excluding carboxylic acids is 1. The van der Waals surface area contributed by atoms with Crippen molar-refractivity contribution < 1.29 is 22.7 Å². The third-order valence-corrected chi connectivity index (χ3v) is 4.98. The molecule has 0 N–H and O–H groups in total. The zero-order valence-corrected chi connectivity index (χ0v) is 17.0. The standard InChI is InChI=1S/C24H15ClF2O4/c1-13(30-24(29)14-5-7-16(25)8-6-14)23-21(15-3-2-4-17(26)11-15)22(28)19-12-18(27)9-10-20(19)31-23/h2-13H,1H3. The van der Waals surface area contributed by atoms with Crippen LogP contribution in [-0.2, 0) is 4.74 Å². The van der Waals surface area contributed by atoms with Gasteiger partial charge in [0.25, 0.3) is 0 Å². The first kappa shape index (κ1) is 20.8. The van der Waals surface area contributed by atoms with Gasteiger partial charge < -0.3 is 9.15 Å². The SMILES string of the molecule is CC(OC(=O)c1ccc(Cl)cc1)c1oc2ccc(F)cc2c(=O)c1-c1cccc(F)c1. The Balaban J connectivity index is 1.84. The predicted octanol–water partition coefficient (Wildman–Crippen LogP) is 6.31. The van der Waals surface area contributed by atoms with Crippen molar-refractivity contribution in [2.24, 2.45) is 0 Å². The third-order valence-electron chi connectivity index (χ3n) is 4.73. The van der Waals surface area contributed by atoms with E-state index in [1.807, 2.05) is 0 Å². The average Bonchev–Trinajstić information content (AvgIpc) is 2.74. The first-order valence-corrected chi connectivity index (χ1v) is 9.70. The first-order chi connectivity index (χ1) is 14.8. The van der Waals surface area contributed by atoms with E-state index in [9.17, 15) is 18.4 Å². The Kier molecular flexibility index (Phi) is 5.57. The summed E-state index contributed by atoms with van der Waals surface area (Å²) in [6.07, 6.45) is -0.997. The maximum atomic E-state index is 13.9. The Labute approximate surface area is 180 Å².